The summed E-state index contributed by atoms with van der Waals surface area (Å²) in [5.41, 5.74) is 0.208. The Bertz CT molecular complexity index is 857. The van der Waals surface area contributed by atoms with Crippen LogP contribution in [-0.2, 0) is 11.3 Å². The van der Waals surface area contributed by atoms with E-state index in [1.807, 2.05) is 17.5 Å². The summed E-state index contributed by atoms with van der Waals surface area (Å²) in [6.07, 6.45) is 0. The summed E-state index contributed by atoms with van der Waals surface area (Å²) in [5, 5.41) is 13.1. The zero-order valence-electron chi connectivity index (χ0n) is 11.9. The van der Waals surface area contributed by atoms with Crippen molar-refractivity contribution in [2.45, 2.75) is 19.5 Å². The number of aromatic nitrogens is 3. The Kier molecular flexibility index (Phi) is 3.97. The fourth-order valence-corrected chi connectivity index (χ4v) is 2.75. The lowest BCUT2D eigenvalue weighted by Gasteiger charge is -2.13. The molecule has 1 N–H and O–H groups in total. The van der Waals surface area contributed by atoms with Crippen molar-refractivity contribution in [3.8, 4) is 0 Å². The zero-order valence-corrected chi connectivity index (χ0v) is 12.7. The first-order chi connectivity index (χ1) is 10.7. The normalized spacial score (nSPS) is 12.2. The van der Waals surface area contributed by atoms with Crippen LogP contribution in [-0.4, -0.2) is 20.9 Å². The molecule has 7 heteroatoms. The number of carbonyl (C=O) groups excluding carboxylic acids is 1. The average Bonchev–Trinajstić information content (AvgIpc) is 3.06. The van der Waals surface area contributed by atoms with Crippen molar-refractivity contribution in [3.05, 3.63) is 57.0 Å². The summed E-state index contributed by atoms with van der Waals surface area (Å²) < 4.78 is 1.12. The number of nitrogens with one attached hydrogen (secondary N) is 1. The Balaban J connectivity index is 1.82. The van der Waals surface area contributed by atoms with Crippen LogP contribution in [0.5, 0.6) is 0 Å². The first kappa shape index (κ1) is 14.4. The second-order valence-electron chi connectivity index (χ2n) is 4.83. The fourth-order valence-electron chi connectivity index (χ4n) is 2.10. The minimum absolute atomic E-state index is 0.264. The van der Waals surface area contributed by atoms with Crippen molar-refractivity contribution in [2.24, 2.45) is 0 Å². The van der Waals surface area contributed by atoms with Gasteiger partial charge in [-0.15, -0.1) is 16.4 Å². The van der Waals surface area contributed by atoms with E-state index in [9.17, 15) is 9.59 Å². The number of carbonyl (C=O) groups is 1. The molecule has 0 aliphatic heterocycles. The van der Waals surface area contributed by atoms with E-state index in [1.165, 1.54) is 0 Å². The monoisotopic (exact) mass is 314 g/mol. The summed E-state index contributed by atoms with van der Waals surface area (Å²) in [6.45, 7) is 2.07. The first-order valence-electron chi connectivity index (χ1n) is 6.81. The Morgan fingerprint density at radius 2 is 2.14 bits per heavy atom. The van der Waals surface area contributed by atoms with E-state index in [0.29, 0.717) is 17.4 Å². The number of amides is 1. The van der Waals surface area contributed by atoms with Crippen molar-refractivity contribution in [2.75, 3.05) is 0 Å². The van der Waals surface area contributed by atoms with Crippen molar-refractivity contribution in [1.29, 1.82) is 0 Å². The standard InChI is InChI=1S/C15H14N4O2S/c1-10(14(20)16-9-11-5-4-8-22-11)19-15(21)12-6-2-3-7-13(12)17-18-19/h2-8,10H,9H2,1H3,(H,16,20). The third kappa shape index (κ3) is 2.75. The molecule has 0 saturated carbocycles. The summed E-state index contributed by atoms with van der Waals surface area (Å²) >= 11 is 1.57. The molecule has 0 spiro atoms. The molecule has 0 saturated heterocycles. The van der Waals surface area contributed by atoms with Gasteiger partial charge in [-0.2, -0.15) is 4.68 Å². The molecule has 3 aromatic rings. The molecule has 6 nitrogen and oxygen atoms in total. The van der Waals surface area contributed by atoms with Crippen molar-refractivity contribution < 1.29 is 4.79 Å². The maximum atomic E-state index is 12.4. The number of hydrogen-bond acceptors (Lipinski definition) is 5. The maximum absolute atomic E-state index is 12.4. The molecule has 1 amide bonds. The Morgan fingerprint density at radius 3 is 2.91 bits per heavy atom. The van der Waals surface area contributed by atoms with Crippen molar-refractivity contribution >= 4 is 28.1 Å². The molecule has 112 valence electrons. The van der Waals surface area contributed by atoms with Crippen LogP contribution in [0.3, 0.4) is 0 Å². The number of fused-ring (bicyclic) bond motifs is 1. The highest BCUT2D eigenvalue weighted by Gasteiger charge is 2.18. The van der Waals surface area contributed by atoms with Gasteiger partial charge in [0.05, 0.1) is 11.9 Å². The molecule has 1 unspecified atom stereocenters. The van der Waals surface area contributed by atoms with E-state index in [4.69, 9.17) is 0 Å². The fraction of sp³-hybridized carbons (Fsp3) is 0.200. The summed E-state index contributed by atoms with van der Waals surface area (Å²) in [6, 6.07) is 10.1. The van der Waals surface area contributed by atoms with Crippen LogP contribution in [0.1, 0.15) is 17.8 Å². The van der Waals surface area contributed by atoms with Crippen LogP contribution < -0.4 is 10.9 Å². The second-order valence-corrected chi connectivity index (χ2v) is 5.86. The van der Waals surface area contributed by atoms with E-state index in [-0.39, 0.29) is 11.5 Å². The number of rotatable bonds is 4. The molecule has 3 rings (SSSR count). The Labute approximate surface area is 130 Å². The van der Waals surface area contributed by atoms with Gasteiger partial charge in [-0.3, -0.25) is 9.59 Å². The predicted octanol–water partition coefficient (Wildman–Crippen LogP) is 1.73. The lowest BCUT2D eigenvalue weighted by molar-refractivity contribution is -0.124. The summed E-state index contributed by atoms with van der Waals surface area (Å²) in [5.74, 6) is -0.264. The van der Waals surface area contributed by atoms with Crippen LogP contribution in [0, 0.1) is 0 Å². The quantitative estimate of drug-likeness (QED) is 0.795. The highest BCUT2D eigenvalue weighted by atomic mass is 32.1. The minimum Gasteiger partial charge on any atom is -0.349 e. The molecule has 0 bridgehead atoms. The molecule has 2 aromatic heterocycles. The minimum atomic E-state index is -0.718. The van der Waals surface area contributed by atoms with Crippen LogP contribution in [0.2, 0.25) is 0 Å². The zero-order chi connectivity index (χ0) is 15.5. The van der Waals surface area contributed by atoms with Gasteiger partial charge in [-0.05, 0) is 30.5 Å². The lowest BCUT2D eigenvalue weighted by atomic mass is 10.2. The van der Waals surface area contributed by atoms with Gasteiger partial charge in [0.25, 0.3) is 5.56 Å². The van der Waals surface area contributed by atoms with Gasteiger partial charge in [-0.1, -0.05) is 23.4 Å². The van der Waals surface area contributed by atoms with Gasteiger partial charge in [0.15, 0.2) is 0 Å². The molecule has 1 aromatic carbocycles. The highest BCUT2D eigenvalue weighted by molar-refractivity contribution is 7.09. The van der Waals surface area contributed by atoms with Gasteiger partial charge >= 0.3 is 0 Å². The van der Waals surface area contributed by atoms with Crippen molar-refractivity contribution in [3.63, 3.8) is 0 Å². The molecule has 1 atom stereocenters. The maximum Gasteiger partial charge on any atom is 0.278 e. The van der Waals surface area contributed by atoms with E-state index in [2.05, 4.69) is 15.6 Å². The highest BCUT2D eigenvalue weighted by Crippen LogP contribution is 2.09. The van der Waals surface area contributed by atoms with Crippen LogP contribution >= 0.6 is 11.3 Å². The van der Waals surface area contributed by atoms with E-state index in [0.717, 1.165) is 9.56 Å². The largest absolute Gasteiger partial charge is 0.349 e. The third-order valence-corrected chi connectivity index (χ3v) is 4.23. The third-order valence-electron chi connectivity index (χ3n) is 3.35. The van der Waals surface area contributed by atoms with E-state index < -0.39 is 6.04 Å². The SMILES string of the molecule is CC(C(=O)NCc1cccs1)n1nnc2ccccc2c1=O. The second kappa shape index (κ2) is 6.07. The molecule has 0 aliphatic carbocycles. The molecule has 22 heavy (non-hydrogen) atoms. The van der Waals surface area contributed by atoms with E-state index >= 15 is 0 Å². The molecule has 0 fully saturated rings. The average molecular weight is 314 g/mol. The number of thiophene rings is 1. The van der Waals surface area contributed by atoms with Crippen LogP contribution in [0.4, 0.5) is 0 Å². The summed E-state index contributed by atoms with van der Waals surface area (Å²) in [4.78, 5) is 25.6. The molecule has 0 aliphatic rings. The van der Waals surface area contributed by atoms with Gasteiger partial charge in [0.2, 0.25) is 5.91 Å². The molecular weight excluding hydrogens is 300 g/mol. The van der Waals surface area contributed by atoms with Crippen molar-refractivity contribution in [1.82, 2.24) is 20.3 Å². The van der Waals surface area contributed by atoms with Crippen LogP contribution in [0.25, 0.3) is 10.9 Å². The van der Waals surface area contributed by atoms with Gasteiger partial charge in [-0.25, -0.2) is 0 Å². The van der Waals surface area contributed by atoms with Gasteiger partial charge < -0.3 is 5.32 Å². The van der Waals surface area contributed by atoms with E-state index in [1.54, 1.807) is 42.5 Å². The smallest absolute Gasteiger partial charge is 0.278 e. The lowest BCUT2D eigenvalue weighted by Crippen LogP contribution is -2.37. The predicted molar refractivity (Wildman–Crippen MR) is 84.7 cm³/mol. The first-order valence-corrected chi connectivity index (χ1v) is 7.69. The van der Waals surface area contributed by atoms with Gasteiger partial charge in [0, 0.05) is 4.88 Å². The molecule has 0 radical (unpaired) electrons. The number of benzene rings is 1. The number of hydrogen-bond donors (Lipinski definition) is 1. The van der Waals surface area contributed by atoms with Crippen LogP contribution in [0.15, 0.2) is 46.6 Å². The summed E-state index contributed by atoms with van der Waals surface area (Å²) in [7, 11) is 0. The molecular formula is C15H14N4O2S. The number of nitrogens with zero attached hydrogens (tertiary/aromatic N) is 3. The van der Waals surface area contributed by atoms with Gasteiger partial charge in [0.1, 0.15) is 11.6 Å². The molecule has 2 heterocycles. The Morgan fingerprint density at radius 1 is 1.32 bits per heavy atom. The topological polar surface area (TPSA) is 76.9 Å². The Hall–Kier alpha value is -2.54.